The molecule has 0 saturated heterocycles. The average Bonchev–Trinajstić information content (AvgIpc) is 3.43. The minimum Gasteiger partial charge on any atom is -0.497 e. The number of para-hydroxylation sites is 1. The molecule has 4 aromatic carbocycles. The van der Waals surface area contributed by atoms with Crippen LogP contribution in [0.5, 0.6) is 11.5 Å². The van der Waals surface area contributed by atoms with Crippen molar-refractivity contribution in [3.05, 3.63) is 119 Å². The highest BCUT2D eigenvalue weighted by atomic mass is 16.5. The number of carbonyl (C=O) groups excluding carboxylic acids is 1. The molecule has 0 unspecified atom stereocenters. The number of ether oxygens (including phenoxy) is 2. The van der Waals surface area contributed by atoms with Gasteiger partial charge >= 0.3 is 0 Å². The zero-order valence-electron chi connectivity index (χ0n) is 22.0. The molecule has 190 valence electrons. The third-order valence-electron chi connectivity index (χ3n) is 7.78. The van der Waals surface area contributed by atoms with E-state index in [9.17, 15) is 4.79 Å². The predicted octanol–water partition coefficient (Wildman–Crippen LogP) is 7.17. The molecule has 38 heavy (non-hydrogen) atoms. The molecule has 1 aliphatic heterocycles. The van der Waals surface area contributed by atoms with E-state index in [0.717, 1.165) is 55.9 Å². The molecule has 0 bridgehead atoms. The molecule has 0 spiro atoms. The van der Waals surface area contributed by atoms with Crippen molar-refractivity contribution in [3.63, 3.8) is 0 Å². The van der Waals surface area contributed by atoms with Crippen molar-refractivity contribution < 1.29 is 14.3 Å². The second-order valence-corrected chi connectivity index (χ2v) is 9.69. The Labute approximate surface area is 222 Å². The Morgan fingerprint density at radius 1 is 0.789 bits per heavy atom. The molecule has 0 aliphatic carbocycles. The number of carbonyl (C=O) groups is 1. The predicted molar refractivity (Wildman–Crippen MR) is 151 cm³/mol. The molecule has 5 nitrogen and oxygen atoms in total. The zero-order chi connectivity index (χ0) is 26.4. The summed E-state index contributed by atoms with van der Waals surface area (Å²) in [7, 11) is 5.43. The van der Waals surface area contributed by atoms with E-state index in [4.69, 9.17) is 9.47 Å². The third-order valence-corrected chi connectivity index (χ3v) is 7.78. The van der Waals surface area contributed by atoms with E-state index in [2.05, 4.69) is 61.0 Å². The maximum Gasteiger partial charge on any atom is 0.255 e. The van der Waals surface area contributed by atoms with Crippen molar-refractivity contribution in [3.8, 4) is 22.8 Å². The highest BCUT2D eigenvalue weighted by molar-refractivity contribution is 6.03. The minimum absolute atomic E-state index is 0.0402. The first kappa shape index (κ1) is 23.9. The summed E-state index contributed by atoms with van der Waals surface area (Å²) in [6, 6.07) is 32.1. The van der Waals surface area contributed by atoms with E-state index in [1.54, 1.807) is 14.2 Å². The maximum absolute atomic E-state index is 14.1. The number of aromatic nitrogens is 1. The van der Waals surface area contributed by atoms with Crippen LogP contribution >= 0.6 is 0 Å². The Morgan fingerprint density at radius 3 is 2.26 bits per heavy atom. The van der Waals surface area contributed by atoms with Gasteiger partial charge in [0, 0.05) is 34.6 Å². The van der Waals surface area contributed by atoms with E-state index in [1.807, 2.05) is 59.5 Å². The molecule has 6 rings (SSSR count). The molecule has 1 aliphatic rings. The van der Waals surface area contributed by atoms with Crippen LogP contribution in [0.25, 0.3) is 22.2 Å². The Kier molecular flexibility index (Phi) is 5.91. The number of benzene rings is 4. The van der Waals surface area contributed by atoms with Crippen molar-refractivity contribution >= 4 is 16.8 Å². The molecule has 0 N–H and O–H groups in total. The topological polar surface area (TPSA) is 43.7 Å². The monoisotopic (exact) mass is 502 g/mol. The van der Waals surface area contributed by atoms with Crippen molar-refractivity contribution in [1.29, 1.82) is 0 Å². The fourth-order valence-electron chi connectivity index (χ4n) is 5.95. The van der Waals surface area contributed by atoms with Crippen molar-refractivity contribution in [2.24, 2.45) is 7.05 Å². The summed E-state index contributed by atoms with van der Waals surface area (Å²) in [5.41, 5.74) is 6.95. The number of hydrogen-bond acceptors (Lipinski definition) is 3. The van der Waals surface area contributed by atoms with Gasteiger partial charge in [-0.25, -0.2) is 0 Å². The summed E-state index contributed by atoms with van der Waals surface area (Å²) in [6.45, 7) is 2.11. The Hall–Kier alpha value is -4.51. The summed E-state index contributed by atoms with van der Waals surface area (Å²) in [4.78, 5) is 16.1. The largest absolute Gasteiger partial charge is 0.497 e. The van der Waals surface area contributed by atoms with Gasteiger partial charge in [0.15, 0.2) is 0 Å². The summed E-state index contributed by atoms with van der Waals surface area (Å²) in [5.74, 6) is 1.53. The van der Waals surface area contributed by atoms with Gasteiger partial charge in [0.25, 0.3) is 5.91 Å². The molecule has 5 aromatic rings. The van der Waals surface area contributed by atoms with Crippen LogP contribution < -0.4 is 9.47 Å². The molecule has 2 atom stereocenters. The average molecular weight is 503 g/mol. The van der Waals surface area contributed by atoms with Gasteiger partial charge in [-0.15, -0.1) is 0 Å². The number of amides is 1. The second-order valence-electron chi connectivity index (χ2n) is 9.69. The Morgan fingerprint density at radius 2 is 1.50 bits per heavy atom. The number of hydrogen-bond donors (Lipinski definition) is 0. The lowest BCUT2D eigenvalue weighted by atomic mass is 9.92. The molecule has 0 fully saturated rings. The first-order valence-electron chi connectivity index (χ1n) is 12.8. The van der Waals surface area contributed by atoms with E-state index in [-0.39, 0.29) is 18.0 Å². The quantitative estimate of drug-likeness (QED) is 0.247. The van der Waals surface area contributed by atoms with Crippen LogP contribution in [0.15, 0.2) is 97.1 Å². The first-order chi connectivity index (χ1) is 18.5. The number of fused-ring (bicyclic) bond motifs is 2. The van der Waals surface area contributed by atoms with Crippen molar-refractivity contribution in [1.82, 2.24) is 9.47 Å². The van der Waals surface area contributed by atoms with E-state index in [0.29, 0.717) is 0 Å². The van der Waals surface area contributed by atoms with Crippen LogP contribution in [0.1, 0.15) is 46.1 Å². The number of nitrogens with zero attached hydrogens (tertiary/aromatic N) is 2. The van der Waals surface area contributed by atoms with E-state index in [1.165, 1.54) is 0 Å². The molecular weight excluding hydrogens is 472 g/mol. The molecule has 0 radical (unpaired) electrons. The summed E-state index contributed by atoms with van der Waals surface area (Å²) in [6.07, 6.45) is 0. The summed E-state index contributed by atoms with van der Waals surface area (Å²) in [5, 5.41) is 1.11. The van der Waals surface area contributed by atoms with Crippen LogP contribution in [0.4, 0.5) is 0 Å². The number of methoxy groups -OCH3 is 2. The van der Waals surface area contributed by atoms with Gasteiger partial charge in [0.05, 0.1) is 32.0 Å². The number of aryl methyl sites for hydroxylation is 1. The zero-order valence-corrected chi connectivity index (χ0v) is 22.0. The van der Waals surface area contributed by atoms with Gasteiger partial charge in [-0.3, -0.25) is 4.79 Å². The van der Waals surface area contributed by atoms with Crippen molar-refractivity contribution in [2.45, 2.75) is 19.0 Å². The Bertz CT molecular complexity index is 1650. The van der Waals surface area contributed by atoms with Crippen molar-refractivity contribution in [2.75, 3.05) is 14.2 Å². The standard InChI is InChI=1S/C33H30N2O3/c1-21(22-12-6-5-7-13-22)35-32(24-14-8-9-15-25(24)33(35)36)30-26-16-10-11-17-28(26)34(2)31(30)27-20-23(37-3)18-19-29(27)38-4/h5-21,32H,1-4H3/t21-,32-/m1/s1. The summed E-state index contributed by atoms with van der Waals surface area (Å²) >= 11 is 0. The smallest absolute Gasteiger partial charge is 0.255 e. The van der Waals surface area contributed by atoms with Gasteiger partial charge in [-0.1, -0.05) is 66.7 Å². The molecule has 2 heterocycles. The Balaban J connectivity index is 1.69. The van der Waals surface area contributed by atoms with E-state index < -0.39 is 0 Å². The van der Waals surface area contributed by atoms with Crippen LogP contribution in [-0.2, 0) is 7.05 Å². The van der Waals surface area contributed by atoms with Crippen LogP contribution in [0.2, 0.25) is 0 Å². The molecule has 5 heteroatoms. The molecule has 0 saturated carbocycles. The van der Waals surface area contributed by atoms with Crippen LogP contribution in [0, 0.1) is 0 Å². The normalized spacial score (nSPS) is 15.5. The fraction of sp³-hybridized carbons (Fsp3) is 0.182. The van der Waals surface area contributed by atoms with Gasteiger partial charge in [-0.2, -0.15) is 0 Å². The molecular formula is C33H30N2O3. The molecule has 1 aromatic heterocycles. The highest BCUT2D eigenvalue weighted by Crippen LogP contribution is 2.50. The van der Waals surface area contributed by atoms with Gasteiger partial charge < -0.3 is 18.9 Å². The van der Waals surface area contributed by atoms with Gasteiger partial charge in [0.2, 0.25) is 0 Å². The van der Waals surface area contributed by atoms with E-state index >= 15 is 0 Å². The first-order valence-corrected chi connectivity index (χ1v) is 12.8. The molecule has 1 amide bonds. The SMILES string of the molecule is COc1ccc(OC)c(-c2c([C@H]3c4ccccc4C(=O)N3[C@H](C)c3ccccc3)c3ccccc3n2C)c1. The minimum atomic E-state index is -0.286. The lowest BCUT2D eigenvalue weighted by Crippen LogP contribution is -2.32. The van der Waals surface area contributed by atoms with Gasteiger partial charge in [-0.05, 0) is 48.4 Å². The second kappa shape index (κ2) is 9.42. The lowest BCUT2D eigenvalue weighted by molar-refractivity contribution is 0.0678. The lowest BCUT2D eigenvalue weighted by Gasteiger charge is -2.33. The maximum atomic E-state index is 14.1. The van der Waals surface area contributed by atoms with Crippen LogP contribution in [-0.4, -0.2) is 29.6 Å². The third kappa shape index (κ3) is 3.58. The van der Waals surface area contributed by atoms with Gasteiger partial charge in [0.1, 0.15) is 11.5 Å². The summed E-state index contributed by atoms with van der Waals surface area (Å²) < 4.78 is 13.7. The highest BCUT2D eigenvalue weighted by Gasteiger charge is 2.43. The number of rotatable bonds is 6. The fourth-order valence-corrected chi connectivity index (χ4v) is 5.95. The van der Waals surface area contributed by atoms with Crippen LogP contribution in [0.3, 0.4) is 0 Å².